The molecule has 8 heavy (non-hydrogen) atoms. The largest absolute Gasteiger partial charge is 0.0525 e. The van der Waals surface area contributed by atoms with Crippen LogP contribution < -0.4 is 0 Å². The normalized spacial score (nSPS) is 66.0. The summed E-state index contributed by atoms with van der Waals surface area (Å²) >= 11 is 0. The van der Waals surface area contributed by atoms with Gasteiger partial charge in [-0.05, 0) is 42.9 Å². The van der Waals surface area contributed by atoms with Gasteiger partial charge in [0.2, 0.25) is 0 Å². The molecule has 0 aromatic heterocycles. The molecule has 44 valence electrons. The van der Waals surface area contributed by atoms with Gasteiger partial charge in [-0.15, -0.1) is 0 Å². The van der Waals surface area contributed by atoms with Crippen LogP contribution >= 0.6 is 0 Å². The minimum Gasteiger partial charge on any atom is -0.0525 e. The number of rotatable bonds is 0. The molecule has 4 aliphatic carbocycles. The predicted octanol–water partition coefficient (Wildman–Crippen LogP) is 2.20. The lowest BCUT2D eigenvalue weighted by molar-refractivity contribution is -0.165. The van der Waals surface area contributed by atoms with E-state index in [0.29, 0.717) is 0 Å². The van der Waals surface area contributed by atoms with Crippen LogP contribution in [0.2, 0.25) is 0 Å². The molecule has 0 heteroatoms. The summed E-state index contributed by atoms with van der Waals surface area (Å²) in [5, 5.41) is 0. The van der Waals surface area contributed by atoms with Crippen LogP contribution in [0.5, 0.6) is 0 Å². The summed E-state index contributed by atoms with van der Waals surface area (Å²) in [7, 11) is 0. The Morgan fingerprint density at radius 1 is 1.25 bits per heavy atom. The fourth-order valence-electron chi connectivity index (χ4n) is 3.36. The Morgan fingerprint density at radius 2 is 2.12 bits per heavy atom. The highest BCUT2D eigenvalue weighted by Gasteiger charge is 2.66. The van der Waals surface area contributed by atoms with E-state index in [0.717, 1.165) is 5.41 Å². The molecule has 4 fully saturated rings. The molecule has 0 aromatic rings. The van der Waals surface area contributed by atoms with E-state index in [1.165, 1.54) is 11.8 Å². The Bertz CT molecular complexity index is 131. The van der Waals surface area contributed by atoms with Crippen molar-refractivity contribution in [3.05, 3.63) is 0 Å². The zero-order chi connectivity index (χ0) is 5.19. The Balaban J connectivity index is 2.01. The van der Waals surface area contributed by atoms with Gasteiger partial charge in [0, 0.05) is 0 Å². The maximum absolute atomic E-state index is 1.62. The summed E-state index contributed by atoms with van der Waals surface area (Å²) in [5.41, 5.74) is 0.977. The van der Waals surface area contributed by atoms with Crippen molar-refractivity contribution in [2.24, 2.45) is 17.3 Å². The zero-order valence-corrected chi connectivity index (χ0v) is 5.19. The molecule has 1 spiro atoms. The standard InChI is InChI=1S/C8H12/c1-2-7-6-4-8(7,3-1)5-6/h6-7H,1-5H2. The van der Waals surface area contributed by atoms with Gasteiger partial charge in [0.05, 0.1) is 0 Å². The lowest BCUT2D eigenvalue weighted by Crippen LogP contribution is -2.57. The van der Waals surface area contributed by atoms with E-state index in [1.54, 1.807) is 32.1 Å². The second kappa shape index (κ2) is 0.872. The first kappa shape index (κ1) is 3.92. The van der Waals surface area contributed by atoms with Gasteiger partial charge in [0.1, 0.15) is 0 Å². The quantitative estimate of drug-likeness (QED) is 0.446. The third kappa shape index (κ3) is 0.206. The molecule has 4 rings (SSSR count). The summed E-state index contributed by atoms with van der Waals surface area (Å²) in [6.07, 6.45) is 7.98. The molecule has 2 bridgehead atoms. The van der Waals surface area contributed by atoms with Crippen molar-refractivity contribution in [3.8, 4) is 0 Å². The van der Waals surface area contributed by atoms with Gasteiger partial charge in [-0.25, -0.2) is 0 Å². The molecule has 0 saturated heterocycles. The van der Waals surface area contributed by atoms with Gasteiger partial charge >= 0.3 is 0 Å². The van der Waals surface area contributed by atoms with Crippen molar-refractivity contribution in [1.29, 1.82) is 0 Å². The van der Waals surface area contributed by atoms with Crippen molar-refractivity contribution in [3.63, 3.8) is 0 Å². The highest BCUT2D eigenvalue weighted by Crippen LogP contribution is 2.75. The molecular weight excluding hydrogens is 96.1 g/mol. The fraction of sp³-hybridized carbons (Fsp3) is 1.00. The molecule has 0 aromatic carbocycles. The van der Waals surface area contributed by atoms with Gasteiger partial charge in [-0.3, -0.25) is 0 Å². The molecule has 0 heterocycles. The summed E-state index contributed by atoms with van der Waals surface area (Å²) in [5.74, 6) is 2.46. The first-order chi connectivity index (χ1) is 3.91. The van der Waals surface area contributed by atoms with Crippen LogP contribution in [-0.2, 0) is 0 Å². The lowest BCUT2D eigenvalue weighted by atomic mass is 9.39. The molecule has 1 unspecified atom stereocenters. The predicted molar refractivity (Wildman–Crippen MR) is 32.5 cm³/mol. The van der Waals surface area contributed by atoms with Crippen molar-refractivity contribution >= 4 is 0 Å². The van der Waals surface area contributed by atoms with Crippen LogP contribution in [0.4, 0.5) is 0 Å². The van der Waals surface area contributed by atoms with Crippen LogP contribution in [0, 0.1) is 17.3 Å². The molecular formula is C8H12. The van der Waals surface area contributed by atoms with Crippen LogP contribution in [0.15, 0.2) is 0 Å². The van der Waals surface area contributed by atoms with Crippen molar-refractivity contribution in [2.75, 3.05) is 0 Å². The van der Waals surface area contributed by atoms with E-state index in [1.807, 2.05) is 0 Å². The SMILES string of the molecule is C1CC2C3CC2(C1)C3. The second-order valence-corrected chi connectivity index (χ2v) is 4.03. The van der Waals surface area contributed by atoms with Crippen molar-refractivity contribution in [2.45, 2.75) is 32.1 Å². The fourth-order valence-corrected chi connectivity index (χ4v) is 3.36. The van der Waals surface area contributed by atoms with Crippen molar-refractivity contribution < 1.29 is 0 Å². The minimum atomic E-state index is 0.977. The van der Waals surface area contributed by atoms with E-state index in [4.69, 9.17) is 0 Å². The number of hydrogen-bond donors (Lipinski definition) is 0. The average molecular weight is 108 g/mol. The maximum Gasteiger partial charge on any atom is -0.0261 e. The molecule has 1 atom stereocenters. The maximum atomic E-state index is 1.62. The summed E-state index contributed by atoms with van der Waals surface area (Å²) in [6, 6.07) is 0. The van der Waals surface area contributed by atoms with E-state index in [2.05, 4.69) is 0 Å². The van der Waals surface area contributed by atoms with E-state index in [-0.39, 0.29) is 0 Å². The third-order valence-corrected chi connectivity index (χ3v) is 3.88. The van der Waals surface area contributed by atoms with Gasteiger partial charge in [0.25, 0.3) is 0 Å². The molecule has 4 aliphatic rings. The molecule has 0 radical (unpaired) electrons. The summed E-state index contributed by atoms with van der Waals surface area (Å²) in [4.78, 5) is 0. The summed E-state index contributed by atoms with van der Waals surface area (Å²) in [6.45, 7) is 0. The number of hydrogen-bond acceptors (Lipinski definition) is 0. The zero-order valence-electron chi connectivity index (χ0n) is 5.19. The Labute approximate surface area is 50.3 Å². The minimum absolute atomic E-state index is 0.977. The average Bonchev–Trinajstić information content (AvgIpc) is 1.78. The summed E-state index contributed by atoms with van der Waals surface area (Å²) < 4.78 is 0. The molecule has 0 nitrogen and oxygen atoms in total. The molecule has 0 amide bonds. The van der Waals surface area contributed by atoms with Gasteiger partial charge in [0.15, 0.2) is 0 Å². The van der Waals surface area contributed by atoms with E-state index < -0.39 is 0 Å². The third-order valence-electron chi connectivity index (χ3n) is 3.88. The van der Waals surface area contributed by atoms with E-state index in [9.17, 15) is 0 Å². The molecule has 0 aliphatic heterocycles. The van der Waals surface area contributed by atoms with Crippen LogP contribution in [0.25, 0.3) is 0 Å². The first-order valence-corrected chi connectivity index (χ1v) is 3.91. The van der Waals surface area contributed by atoms with Crippen LogP contribution in [-0.4, -0.2) is 0 Å². The van der Waals surface area contributed by atoms with E-state index >= 15 is 0 Å². The Morgan fingerprint density at radius 3 is 2.38 bits per heavy atom. The smallest absolute Gasteiger partial charge is 0.0261 e. The molecule has 4 saturated carbocycles. The van der Waals surface area contributed by atoms with Crippen LogP contribution in [0.1, 0.15) is 32.1 Å². The van der Waals surface area contributed by atoms with Gasteiger partial charge < -0.3 is 0 Å². The second-order valence-electron chi connectivity index (χ2n) is 4.03. The van der Waals surface area contributed by atoms with Crippen LogP contribution in [0.3, 0.4) is 0 Å². The first-order valence-electron chi connectivity index (χ1n) is 3.91. The Kier molecular flexibility index (Phi) is 0.427. The van der Waals surface area contributed by atoms with Gasteiger partial charge in [-0.1, -0.05) is 6.42 Å². The van der Waals surface area contributed by atoms with Crippen molar-refractivity contribution in [1.82, 2.24) is 0 Å². The Hall–Kier alpha value is 0. The lowest BCUT2D eigenvalue weighted by Gasteiger charge is -2.66. The highest BCUT2D eigenvalue weighted by molar-refractivity contribution is 5.15. The monoisotopic (exact) mass is 108 g/mol. The highest BCUT2D eigenvalue weighted by atomic mass is 14.7. The topological polar surface area (TPSA) is 0 Å². The van der Waals surface area contributed by atoms with Gasteiger partial charge in [-0.2, -0.15) is 0 Å². The molecule has 0 N–H and O–H groups in total.